The highest BCUT2D eigenvalue weighted by Gasteiger charge is 2.38. The minimum atomic E-state index is -0.945. The van der Waals surface area contributed by atoms with Crippen LogP contribution in [-0.4, -0.2) is 25.7 Å². The first-order valence-electron chi connectivity index (χ1n) is 7.17. The van der Waals surface area contributed by atoms with E-state index in [-0.39, 0.29) is 5.92 Å². The Morgan fingerprint density at radius 1 is 0.900 bits per heavy atom. The fraction of sp³-hybridized carbons (Fsp3) is 0.333. The van der Waals surface area contributed by atoms with Crippen LogP contribution in [0.1, 0.15) is 18.1 Å². The molecule has 0 heterocycles. The highest BCUT2D eigenvalue weighted by molar-refractivity contribution is 5.36. The molecule has 0 amide bonds. The van der Waals surface area contributed by atoms with Crippen molar-refractivity contribution in [3.63, 3.8) is 0 Å². The standard InChI is InChI=1S/C18H23NO/c1-15(14-19(2)3)18(20,16-10-6-4-7-11-16)17-12-8-5-9-13-17/h4-13,15,20H,14H2,1-3H3/p+1/t15-/m1/s1. The maximum absolute atomic E-state index is 11.5. The Hall–Kier alpha value is -1.64. The summed E-state index contributed by atoms with van der Waals surface area (Å²) in [5.74, 6) is 0.122. The first-order valence-corrected chi connectivity index (χ1v) is 7.17. The Morgan fingerprint density at radius 3 is 1.65 bits per heavy atom. The van der Waals surface area contributed by atoms with E-state index in [2.05, 4.69) is 21.0 Å². The summed E-state index contributed by atoms with van der Waals surface area (Å²) < 4.78 is 0. The van der Waals surface area contributed by atoms with Crippen LogP contribution in [0, 0.1) is 5.92 Å². The summed E-state index contributed by atoms with van der Waals surface area (Å²) in [5, 5.41) is 11.5. The van der Waals surface area contributed by atoms with Crippen LogP contribution >= 0.6 is 0 Å². The summed E-state index contributed by atoms with van der Waals surface area (Å²) in [6.07, 6.45) is 0. The quantitative estimate of drug-likeness (QED) is 0.849. The largest absolute Gasteiger partial charge is 0.380 e. The van der Waals surface area contributed by atoms with Crippen LogP contribution in [0.25, 0.3) is 0 Å². The van der Waals surface area contributed by atoms with Crippen LogP contribution in [0.3, 0.4) is 0 Å². The van der Waals surface area contributed by atoms with Crippen LogP contribution in [0.5, 0.6) is 0 Å². The molecule has 0 aliphatic heterocycles. The Labute approximate surface area is 121 Å². The molecule has 2 aromatic rings. The number of aliphatic hydroxyl groups is 1. The maximum atomic E-state index is 11.5. The van der Waals surface area contributed by atoms with E-state index in [9.17, 15) is 5.11 Å². The van der Waals surface area contributed by atoms with Gasteiger partial charge in [0.05, 0.1) is 20.6 Å². The number of rotatable bonds is 5. The third-order valence-corrected chi connectivity index (χ3v) is 3.86. The van der Waals surface area contributed by atoms with E-state index in [1.54, 1.807) is 0 Å². The summed E-state index contributed by atoms with van der Waals surface area (Å²) >= 11 is 0. The van der Waals surface area contributed by atoms with Gasteiger partial charge in [0.15, 0.2) is 0 Å². The van der Waals surface area contributed by atoms with E-state index in [4.69, 9.17) is 0 Å². The summed E-state index contributed by atoms with van der Waals surface area (Å²) in [7, 11) is 4.24. The lowest BCUT2D eigenvalue weighted by molar-refractivity contribution is -0.862. The first-order chi connectivity index (χ1) is 9.55. The molecule has 0 fully saturated rings. The van der Waals surface area contributed by atoms with Gasteiger partial charge in [0.1, 0.15) is 5.60 Å². The zero-order chi connectivity index (χ0) is 14.6. The molecule has 0 aliphatic rings. The van der Waals surface area contributed by atoms with Crippen molar-refractivity contribution in [1.29, 1.82) is 0 Å². The second kappa shape index (κ2) is 6.21. The molecule has 0 unspecified atom stereocenters. The van der Waals surface area contributed by atoms with Gasteiger partial charge in [-0.3, -0.25) is 0 Å². The van der Waals surface area contributed by atoms with Gasteiger partial charge in [-0.15, -0.1) is 0 Å². The van der Waals surface area contributed by atoms with Gasteiger partial charge in [-0.05, 0) is 11.1 Å². The average Bonchev–Trinajstić information content (AvgIpc) is 2.47. The van der Waals surface area contributed by atoms with Crippen LogP contribution in [0.2, 0.25) is 0 Å². The highest BCUT2D eigenvalue weighted by atomic mass is 16.3. The lowest BCUT2D eigenvalue weighted by Crippen LogP contribution is -3.06. The second-order valence-electron chi connectivity index (χ2n) is 5.81. The molecule has 0 spiro atoms. The van der Waals surface area contributed by atoms with E-state index in [1.807, 2.05) is 60.7 Å². The van der Waals surface area contributed by atoms with Crippen molar-refractivity contribution in [3.8, 4) is 0 Å². The Balaban J connectivity index is 2.49. The third kappa shape index (κ3) is 2.92. The molecule has 106 valence electrons. The molecule has 2 N–H and O–H groups in total. The normalized spacial score (nSPS) is 13.4. The minimum Gasteiger partial charge on any atom is -0.380 e. The van der Waals surface area contributed by atoms with E-state index in [0.717, 1.165) is 17.7 Å². The van der Waals surface area contributed by atoms with Crippen LogP contribution in [0.4, 0.5) is 0 Å². The molecule has 20 heavy (non-hydrogen) atoms. The summed E-state index contributed by atoms with van der Waals surface area (Å²) in [6, 6.07) is 19.9. The van der Waals surface area contributed by atoms with E-state index in [1.165, 1.54) is 4.90 Å². The maximum Gasteiger partial charge on any atom is 0.122 e. The van der Waals surface area contributed by atoms with Gasteiger partial charge in [0, 0.05) is 5.92 Å². The van der Waals surface area contributed by atoms with Gasteiger partial charge in [-0.1, -0.05) is 67.6 Å². The molecular formula is C18H24NO+. The monoisotopic (exact) mass is 270 g/mol. The molecule has 2 heteroatoms. The number of quaternary nitrogens is 1. The smallest absolute Gasteiger partial charge is 0.122 e. The highest BCUT2D eigenvalue weighted by Crippen LogP contribution is 2.36. The van der Waals surface area contributed by atoms with Crippen molar-refractivity contribution < 1.29 is 10.0 Å². The molecule has 2 aromatic carbocycles. The Morgan fingerprint density at radius 2 is 1.30 bits per heavy atom. The summed E-state index contributed by atoms with van der Waals surface area (Å²) in [4.78, 5) is 1.34. The van der Waals surface area contributed by atoms with Gasteiger partial charge in [-0.2, -0.15) is 0 Å². The number of hydrogen-bond donors (Lipinski definition) is 2. The van der Waals surface area contributed by atoms with Crippen LogP contribution in [0.15, 0.2) is 60.7 Å². The molecule has 2 rings (SSSR count). The average molecular weight is 270 g/mol. The summed E-state index contributed by atoms with van der Waals surface area (Å²) in [5.41, 5.74) is 0.972. The van der Waals surface area contributed by atoms with Crippen molar-refractivity contribution in [3.05, 3.63) is 71.8 Å². The molecule has 0 aromatic heterocycles. The summed E-state index contributed by atoms with van der Waals surface area (Å²) in [6.45, 7) is 3.02. The fourth-order valence-electron chi connectivity index (χ4n) is 2.88. The number of hydrogen-bond acceptors (Lipinski definition) is 1. The van der Waals surface area contributed by atoms with Crippen molar-refractivity contribution in [2.75, 3.05) is 20.6 Å². The predicted octanol–water partition coefficient (Wildman–Crippen LogP) is 1.70. The van der Waals surface area contributed by atoms with Gasteiger partial charge in [0.2, 0.25) is 0 Å². The van der Waals surface area contributed by atoms with Gasteiger partial charge >= 0.3 is 0 Å². The Kier molecular flexibility index (Phi) is 4.58. The zero-order valence-corrected chi connectivity index (χ0v) is 12.5. The van der Waals surface area contributed by atoms with Crippen LogP contribution in [-0.2, 0) is 5.60 Å². The molecule has 0 saturated carbocycles. The first kappa shape index (κ1) is 14.8. The van der Waals surface area contributed by atoms with Crippen molar-refractivity contribution in [2.45, 2.75) is 12.5 Å². The lowest BCUT2D eigenvalue weighted by atomic mass is 9.76. The lowest BCUT2D eigenvalue weighted by Gasteiger charge is -2.35. The molecule has 1 atom stereocenters. The van der Waals surface area contributed by atoms with Gasteiger partial charge < -0.3 is 10.0 Å². The fourth-order valence-corrected chi connectivity index (χ4v) is 2.88. The van der Waals surface area contributed by atoms with Crippen molar-refractivity contribution >= 4 is 0 Å². The molecular weight excluding hydrogens is 246 g/mol. The third-order valence-electron chi connectivity index (χ3n) is 3.86. The minimum absolute atomic E-state index is 0.122. The zero-order valence-electron chi connectivity index (χ0n) is 12.5. The second-order valence-corrected chi connectivity index (χ2v) is 5.81. The predicted molar refractivity (Wildman–Crippen MR) is 82.7 cm³/mol. The van der Waals surface area contributed by atoms with Crippen molar-refractivity contribution in [2.24, 2.45) is 5.92 Å². The SMILES string of the molecule is C[C@H](C[NH+](C)C)C(O)(c1ccccc1)c1ccccc1. The van der Waals surface area contributed by atoms with E-state index in [0.29, 0.717) is 0 Å². The number of nitrogens with one attached hydrogen (secondary N) is 1. The number of benzene rings is 2. The van der Waals surface area contributed by atoms with Crippen molar-refractivity contribution in [1.82, 2.24) is 0 Å². The van der Waals surface area contributed by atoms with E-state index < -0.39 is 5.60 Å². The van der Waals surface area contributed by atoms with Gasteiger partial charge in [-0.25, -0.2) is 0 Å². The molecule has 0 radical (unpaired) electrons. The topological polar surface area (TPSA) is 24.7 Å². The molecule has 0 bridgehead atoms. The Bertz CT molecular complexity index is 482. The van der Waals surface area contributed by atoms with Crippen LogP contribution < -0.4 is 4.90 Å². The van der Waals surface area contributed by atoms with E-state index >= 15 is 0 Å². The molecule has 0 saturated heterocycles. The van der Waals surface area contributed by atoms with Gasteiger partial charge in [0.25, 0.3) is 0 Å². The molecule has 0 aliphatic carbocycles. The molecule has 2 nitrogen and oxygen atoms in total.